The Hall–Kier alpha value is -2.72. The zero-order chi connectivity index (χ0) is 20.0. The van der Waals surface area contributed by atoms with E-state index in [1.807, 2.05) is 0 Å². The molecule has 0 bridgehead atoms. The van der Waals surface area contributed by atoms with Gasteiger partial charge in [0, 0.05) is 25.6 Å². The van der Waals surface area contributed by atoms with Crippen molar-refractivity contribution in [1.82, 2.24) is 29.9 Å². The summed E-state index contributed by atoms with van der Waals surface area (Å²) in [5.74, 6) is -0.179. The Labute approximate surface area is 165 Å². The number of nitrogens with zero attached hydrogens (tertiary/aromatic N) is 6. The van der Waals surface area contributed by atoms with Crippen molar-refractivity contribution in [1.29, 1.82) is 0 Å². The summed E-state index contributed by atoms with van der Waals surface area (Å²) in [4.78, 5) is 11.1. The molecular formula is C19H21F2N7O. The van der Waals surface area contributed by atoms with Crippen molar-refractivity contribution in [3.05, 3.63) is 41.2 Å². The van der Waals surface area contributed by atoms with Crippen molar-refractivity contribution < 1.29 is 13.5 Å². The molecule has 0 spiro atoms. The summed E-state index contributed by atoms with van der Waals surface area (Å²) < 4.78 is 34.2. The average Bonchev–Trinajstić information content (AvgIpc) is 3.48. The fraction of sp³-hybridized carbons (Fsp3) is 0.474. The first-order valence-corrected chi connectivity index (χ1v) is 9.71. The molecule has 2 fully saturated rings. The number of nitrogen functional groups attached to an aromatic ring is 1. The number of rotatable bonds is 5. The van der Waals surface area contributed by atoms with Gasteiger partial charge in [0.05, 0.1) is 19.3 Å². The van der Waals surface area contributed by atoms with E-state index in [1.165, 1.54) is 6.07 Å². The molecule has 1 aromatic carbocycles. The molecule has 0 radical (unpaired) electrons. The van der Waals surface area contributed by atoms with Crippen LogP contribution in [0.3, 0.4) is 0 Å². The van der Waals surface area contributed by atoms with E-state index < -0.39 is 11.6 Å². The fourth-order valence-corrected chi connectivity index (χ4v) is 3.66. The number of morpholine rings is 1. The lowest BCUT2D eigenvalue weighted by Crippen LogP contribution is -2.43. The van der Waals surface area contributed by atoms with Gasteiger partial charge in [-0.15, -0.1) is 5.10 Å². The van der Waals surface area contributed by atoms with Gasteiger partial charge >= 0.3 is 0 Å². The predicted octanol–water partition coefficient (Wildman–Crippen LogP) is 1.86. The third-order valence-electron chi connectivity index (χ3n) is 5.34. The minimum atomic E-state index is -0.835. The maximum Gasteiger partial charge on any atom is 0.184 e. The van der Waals surface area contributed by atoms with E-state index in [9.17, 15) is 8.78 Å². The second-order valence-electron chi connectivity index (χ2n) is 7.66. The largest absolute Gasteiger partial charge is 0.382 e. The number of ether oxygens (including phenoxy) is 1. The van der Waals surface area contributed by atoms with Crippen LogP contribution in [0.4, 0.5) is 14.6 Å². The smallest absolute Gasteiger partial charge is 0.184 e. The highest BCUT2D eigenvalue weighted by Gasteiger charge is 2.29. The lowest BCUT2D eigenvalue weighted by molar-refractivity contribution is -0.0399. The first-order chi connectivity index (χ1) is 14.1. The van der Waals surface area contributed by atoms with Crippen LogP contribution in [0.5, 0.6) is 0 Å². The number of hydrogen-bond donors (Lipinski definition) is 1. The predicted molar refractivity (Wildman–Crippen MR) is 101 cm³/mol. The molecule has 2 aromatic heterocycles. The van der Waals surface area contributed by atoms with Crippen molar-refractivity contribution in [2.45, 2.75) is 38.0 Å². The van der Waals surface area contributed by atoms with E-state index in [2.05, 4.69) is 25.2 Å². The molecule has 1 saturated carbocycles. The van der Waals surface area contributed by atoms with Gasteiger partial charge in [-0.05, 0) is 30.5 Å². The van der Waals surface area contributed by atoms with E-state index in [1.54, 1.807) is 10.7 Å². The standard InChI is InChI=1S/C19H21F2N7O/c20-14-4-1-11(7-15(14)21)8-27-5-6-29-13(9-27)10-28-19-16(25-26-28)17(22)23-18(24-19)12-2-3-12/h1,4,7,12-13H,2-3,5-6,8-10H2,(H2,22,23,24). The molecule has 5 rings (SSSR count). The van der Waals surface area contributed by atoms with Crippen LogP contribution >= 0.6 is 0 Å². The van der Waals surface area contributed by atoms with Gasteiger partial charge < -0.3 is 10.5 Å². The molecule has 3 heterocycles. The molecule has 29 heavy (non-hydrogen) atoms. The summed E-state index contributed by atoms with van der Waals surface area (Å²) in [6.07, 6.45) is 2.04. The molecule has 2 aliphatic rings. The zero-order valence-electron chi connectivity index (χ0n) is 15.8. The molecular weight excluding hydrogens is 380 g/mol. The van der Waals surface area contributed by atoms with Crippen LogP contribution in [-0.4, -0.2) is 55.7 Å². The van der Waals surface area contributed by atoms with Gasteiger partial charge in [0.1, 0.15) is 5.82 Å². The van der Waals surface area contributed by atoms with Crippen LogP contribution in [0.25, 0.3) is 11.2 Å². The Morgan fingerprint density at radius 3 is 2.83 bits per heavy atom. The topological polar surface area (TPSA) is 95.0 Å². The first-order valence-electron chi connectivity index (χ1n) is 9.71. The molecule has 1 aliphatic heterocycles. The molecule has 2 N–H and O–H groups in total. The number of hydrogen-bond acceptors (Lipinski definition) is 7. The number of aromatic nitrogens is 5. The van der Waals surface area contributed by atoms with Crippen molar-refractivity contribution in [3.8, 4) is 0 Å². The summed E-state index contributed by atoms with van der Waals surface area (Å²) >= 11 is 0. The fourth-order valence-electron chi connectivity index (χ4n) is 3.66. The quantitative estimate of drug-likeness (QED) is 0.697. The minimum Gasteiger partial charge on any atom is -0.382 e. The second-order valence-corrected chi connectivity index (χ2v) is 7.66. The number of anilines is 1. The van der Waals surface area contributed by atoms with Crippen LogP contribution in [0.2, 0.25) is 0 Å². The Kier molecular flexibility index (Phi) is 4.59. The summed E-state index contributed by atoms with van der Waals surface area (Å²) in [6, 6.07) is 4.00. The lowest BCUT2D eigenvalue weighted by atomic mass is 10.1. The highest BCUT2D eigenvalue weighted by atomic mass is 19.2. The third-order valence-corrected chi connectivity index (χ3v) is 5.34. The summed E-state index contributed by atoms with van der Waals surface area (Å²) in [5, 5.41) is 8.32. The van der Waals surface area contributed by atoms with E-state index in [4.69, 9.17) is 10.5 Å². The molecule has 0 amide bonds. The maximum absolute atomic E-state index is 13.5. The molecule has 1 atom stereocenters. The first kappa shape index (κ1) is 18.3. The van der Waals surface area contributed by atoms with Gasteiger partial charge in [-0.25, -0.2) is 23.4 Å². The van der Waals surface area contributed by atoms with E-state index in [0.717, 1.165) is 30.3 Å². The van der Waals surface area contributed by atoms with Crippen LogP contribution in [0.15, 0.2) is 18.2 Å². The molecule has 1 unspecified atom stereocenters. The zero-order valence-corrected chi connectivity index (χ0v) is 15.8. The summed E-state index contributed by atoms with van der Waals surface area (Å²) in [5.41, 5.74) is 7.89. The second kappa shape index (κ2) is 7.27. The van der Waals surface area contributed by atoms with Gasteiger partial charge in [-0.2, -0.15) is 0 Å². The lowest BCUT2D eigenvalue weighted by Gasteiger charge is -2.32. The van der Waals surface area contributed by atoms with Crippen LogP contribution in [0.1, 0.15) is 30.1 Å². The van der Waals surface area contributed by atoms with Crippen molar-refractivity contribution in [3.63, 3.8) is 0 Å². The highest BCUT2D eigenvalue weighted by Crippen LogP contribution is 2.38. The summed E-state index contributed by atoms with van der Waals surface area (Å²) in [6.45, 7) is 2.90. The number of fused-ring (bicyclic) bond motifs is 1. The molecule has 8 nitrogen and oxygen atoms in total. The van der Waals surface area contributed by atoms with Gasteiger partial charge in [0.25, 0.3) is 0 Å². The van der Waals surface area contributed by atoms with Gasteiger partial charge in [0.2, 0.25) is 0 Å². The Morgan fingerprint density at radius 1 is 1.17 bits per heavy atom. The number of nitrogens with two attached hydrogens (primary N) is 1. The van der Waals surface area contributed by atoms with E-state index in [-0.39, 0.29) is 6.10 Å². The van der Waals surface area contributed by atoms with Crippen molar-refractivity contribution >= 4 is 17.0 Å². The Balaban J connectivity index is 1.30. The maximum atomic E-state index is 13.5. The minimum absolute atomic E-state index is 0.125. The van der Waals surface area contributed by atoms with E-state index in [0.29, 0.717) is 55.7 Å². The molecule has 10 heteroatoms. The molecule has 3 aromatic rings. The average molecular weight is 401 g/mol. The van der Waals surface area contributed by atoms with Gasteiger partial charge in [-0.3, -0.25) is 4.90 Å². The molecule has 152 valence electrons. The van der Waals surface area contributed by atoms with Gasteiger partial charge in [0.15, 0.2) is 28.6 Å². The number of halogens is 2. The normalized spacial score (nSPS) is 20.4. The third kappa shape index (κ3) is 3.77. The Bertz CT molecular complexity index is 1050. The van der Waals surface area contributed by atoms with E-state index >= 15 is 0 Å². The number of benzene rings is 1. The monoisotopic (exact) mass is 401 g/mol. The summed E-state index contributed by atoms with van der Waals surface area (Å²) in [7, 11) is 0. The van der Waals surface area contributed by atoms with Gasteiger partial charge in [-0.1, -0.05) is 11.3 Å². The van der Waals surface area contributed by atoms with Crippen LogP contribution in [0, 0.1) is 11.6 Å². The van der Waals surface area contributed by atoms with Crippen LogP contribution in [-0.2, 0) is 17.8 Å². The molecule has 1 aliphatic carbocycles. The Morgan fingerprint density at radius 2 is 2.03 bits per heavy atom. The SMILES string of the molecule is Nc1nc(C2CC2)nc2c1nnn2CC1CN(Cc2ccc(F)c(F)c2)CCO1. The molecule has 1 saturated heterocycles. The van der Waals surface area contributed by atoms with Crippen molar-refractivity contribution in [2.24, 2.45) is 0 Å². The van der Waals surface area contributed by atoms with Crippen molar-refractivity contribution in [2.75, 3.05) is 25.4 Å². The van der Waals surface area contributed by atoms with Crippen LogP contribution < -0.4 is 5.73 Å². The highest BCUT2D eigenvalue weighted by molar-refractivity contribution is 5.80.